The summed E-state index contributed by atoms with van der Waals surface area (Å²) in [5.74, 6) is -0.221. The van der Waals surface area contributed by atoms with Gasteiger partial charge in [-0.25, -0.2) is 0 Å². The smallest absolute Gasteiger partial charge is 0.421 e. The zero-order valence-corrected chi connectivity index (χ0v) is 22.2. The number of nitrogens with zero attached hydrogens (tertiary/aromatic N) is 1. The maximum absolute atomic E-state index is 14.1. The van der Waals surface area contributed by atoms with E-state index in [4.69, 9.17) is 4.74 Å². The number of piperidine rings is 1. The van der Waals surface area contributed by atoms with Crippen molar-refractivity contribution in [1.29, 1.82) is 0 Å². The number of nitrogens with one attached hydrogen (secondary N) is 1. The number of ether oxygens (including phenoxy) is 1. The Labute approximate surface area is 227 Å². The van der Waals surface area contributed by atoms with Gasteiger partial charge in [0.1, 0.15) is 11.3 Å². The van der Waals surface area contributed by atoms with Gasteiger partial charge in [-0.3, -0.25) is 14.5 Å². The van der Waals surface area contributed by atoms with E-state index in [2.05, 4.69) is 10.2 Å². The number of esters is 1. The molecule has 1 aliphatic heterocycles. The first kappa shape index (κ1) is 27.4. The fourth-order valence-electron chi connectivity index (χ4n) is 6.46. The average Bonchev–Trinajstić information content (AvgIpc) is 3.71. The molecule has 2 saturated carbocycles. The quantitative estimate of drug-likeness (QED) is 0.257. The van der Waals surface area contributed by atoms with E-state index in [0.717, 1.165) is 56.7 Å². The van der Waals surface area contributed by atoms with Crippen molar-refractivity contribution in [1.82, 2.24) is 10.2 Å². The molecule has 1 saturated heterocycles. The fourth-order valence-corrected chi connectivity index (χ4v) is 6.46. The molecule has 1 heterocycles. The number of carbonyl (C=O) groups excluding carboxylic acids is 2. The number of halogens is 3. The molecule has 5 nitrogen and oxygen atoms in total. The van der Waals surface area contributed by atoms with Crippen molar-refractivity contribution < 1.29 is 27.5 Å². The SMILES string of the molecule is CC(=O)Oc1cccc([C@@]23CCCCC2CN(CC2CC2)[C@H](NC(=O)C(=Cc2ccccc2)C(F)(F)F)C3)c1. The molecule has 0 spiro atoms. The Bertz CT molecular complexity index is 1230. The molecule has 208 valence electrons. The molecule has 1 N–H and O–H groups in total. The van der Waals surface area contributed by atoms with Crippen LogP contribution in [0.2, 0.25) is 0 Å². The minimum Gasteiger partial charge on any atom is -0.427 e. The largest absolute Gasteiger partial charge is 0.427 e. The highest BCUT2D eigenvalue weighted by atomic mass is 19.4. The van der Waals surface area contributed by atoms with Gasteiger partial charge in [-0.2, -0.15) is 13.2 Å². The molecule has 3 aliphatic rings. The van der Waals surface area contributed by atoms with Gasteiger partial charge < -0.3 is 10.1 Å². The predicted octanol–water partition coefficient (Wildman–Crippen LogP) is 6.24. The highest BCUT2D eigenvalue weighted by Crippen LogP contribution is 2.51. The maximum Gasteiger partial charge on any atom is 0.421 e. The van der Waals surface area contributed by atoms with Crippen molar-refractivity contribution in [3.05, 3.63) is 71.3 Å². The van der Waals surface area contributed by atoms with Gasteiger partial charge in [0.05, 0.1) is 6.17 Å². The molecule has 0 bridgehead atoms. The second kappa shape index (κ2) is 11.2. The Kier molecular flexibility index (Phi) is 7.85. The van der Waals surface area contributed by atoms with E-state index < -0.39 is 29.8 Å². The monoisotopic (exact) mass is 540 g/mol. The molecule has 2 aromatic rings. The summed E-state index contributed by atoms with van der Waals surface area (Å²) >= 11 is 0. The normalized spacial score (nSPS) is 26.0. The van der Waals surface area contributed by atoms with Crippen molar-refractivity contribution in [2.75, 3.05) is 13.1 Å². The molecule has 0 aromatic heterocycles. The second-order valence-corrected chi connectivity index (χ2v) is 11.3. The van der Waals surface area contributed by atoms with E-state index in [1.165, 1.54) is 6.92 Å². The van der Waals surface area contributed by atoms with Crippen LogP contribution in [0.5, 0.6) is 5.75 Å². The topological polar surface area (TPSA) is 58.6 Å². The van der Waals surface area contributed by atoms with Gasteiger partial charge in [0.15, 0.2) is 0 Å². The molecule has 0 radical (unpaired) electrons. The summed E-state index contributed by atoms with van der Waals surface area (Å²) in [6, 6.07) is 15.6. The lowest BCUT2D eigenvalue weighted by Crippen LogP contribution is -2.61. The minimum atomic E-state index is -4.79. The summed E-state index contributed by atoms with van der Waals surface area (Å²) in [4.78, 5) is 27.1. The minimum absolute atomic E-state index is 0.299. The molecule has 1 unspecified atom stereocenters. The molecule has 8 heteroatoms. The van der Waals surface area contributed by atoms with Gasteiger partial charge in [-0.15, -0.1) is 0 Å². The molecule has 2 aliphatic carbocycles. The number of fused-ring (bicyclic) bond motifs is 1. The van der Waals surface area contributed by atoms with Crippen LogP contribution < -0.4 is 10.1 Å². The number of carbonyl (C=O) groups is 2. The molecule has 3 fully saturated rings. The van der Waals surface area contributed by atoms with Crippen molar-refractivity contribution in [2.24, 2.45) is 11.8 Å². The third-order valence-electron chi connectivity index (χ3n) is 8.48. The Hall–Kier alpha value is -3.13. The van der Waals surface area contributed by atoms with Crippen molar-refractivity contribution in [3.8, 4) is 5.75 Å². The lowest BCUT2D eigenvalue weighted by Gasteiger charge is -2.54. The van der Waals surface area contributed by atoms with Crippen LogP contribution in [0.4, 0.5) is 13.2 Å². The van der Waals surface area contributed by atoms with E-state index in [1.807, 2.05) is 18.2 Å². The Morgan fingerprint density at radius 3 is 2.54 bits per heavy atom. The third-order valence-corrected chi connectivity index (χ3v) is 8.48. The Balaban J connectivity index is 1.47. The molecule has 39 heavy (non-hydrogen) atoms. The zero-order chi connectivity index (χ0) is 27.6. The van der Waals surface area contributed by atoms with Gasteiger partial charge in [0.2, 0.25) is 0 Å². The first-order valence-corrected chi connectivity index (χ1v) is 13.8. The number of rotatable bonds is 7. The molecule has 1 amide bonds. The predicted molar refractivity (Wildman–Crippen MR) is 143 cm³/mol. The van der Waals surface area contributed by atoms with Gasteiger partial charge in [-0.05, 0) is 73.3 Å². The Morgan fingerprint density at radius 2 is 1.85 bits per heavy atom. The van der Waals surface area contributed by atoms with E-state index in [9.17, 15) is 22.8 Å². The number of alkyl halides is 3. The van der Waals surface area contributed by atoms with Crippen LogP contribution >= 0.6 is 0 Å². The number of amides is 1. The van der Waals surface area contributed by atoms with Crippen LogP contribution in [0, 0.1) is 11.8 Å². The first-order chi connectivity index (χ1) is 18.6. The van der Waals surface area contributed by atoms with Crippen LogP contribution in [0.15, 0.2) is 60.2 Å². The number of likely N-dealkylation sites (tertiary alicyclic amines) is 1. The van der Waals surface area contributed by atoms with Crippen molar-refractivity contribution in [2.45, 2.75) is 69.6 Å². The van der Waals surface area contributed by atoms with Crippen LogP contribution in [0.1, 0.15) is 63.0 Å². The summed E-state index contributed by atoms with van der Waals surface area (Å²) in [6.07, 6.45) is 2.31. The van der Waals surface area contributed by atoms with Gasteiger partial charge in [0.25, 0.3) is 5.91 Å². The summed E-state index contributed by atoms with van der Waals surface area (Å²) in [6.45, 7) is 2.84. The lowest BCUT2D eigenvalue weighted by molar-refractivity contribution is -0.134. The fraction of sp³-hybridized carbons (Fsp3) is 0.484. The summed E-state index contributed by atoms with van der Waals surface area (Å²) in [5, 5.41) is 2.82. The Morgan fingerprint density at radius 1 is 1.08 bits per heavy atom. The maximum atomic E-state index is 14.1. The van der Waals surface area contributed by atoms with Gasteiger partial charge in [0, 0.05) is 25.4 Å². The second-order valence-electron chi connectivity index (χ2n) is 11.3. The molecule has 2 aromatic carbocycles. The van der Waals surface area contributed by atoms with Crippen molar-refractivity contribution in [3.63, 3.8) is 0 Å². The van der Waals surface area contributed by atoms with Crippen LogP contribution in [0.3, 0.4) is 0 Å². The molecule has 5 rings (SSSR count). The van der Waals surface area contributed by atoms with Crippen LogP contribution in [0.25, 0.3) is 6.08 Å². The van der Waals surface area contributed by atoms with Crippen molar-refractivity contribution >= 4 is 18.0 Å². The van der Waals surface area contributed by atoms with Gasteiger partial charge in [-0.1, -0.05) is 55.3 Å². The standard InChI is InChI=1S/C31H35F3N2O3/c1-21(37)39-26-12-7-11-24(17-26)30-15-6-5-10-25(30)20-36(19-23-13-14-23)28(18-30)35-29(38)27(31(32,33)34)16-22-8-3-2-4-9-22/h2-4,7-9,11-12,16-17,23,25,28H,5-6,10,13-15,18-20H2,1H3,(H,35,38)/t25?,28-,30-/m0/s1. The summed E-state index contributed by atoms with van der Waals surface area (Å²) in [7, 11) is 0. The average molecular weight is 541 g/mol. The van der Waals surface area contributed by atoms with Crippen LogP contribution in [-0.4, -0.2) is 42.2 Å². The van der Waals surface area contributed by atoms with E-state index in [1.54, 1.807) is 36.4 Å². The lowest BCUT2D eigenvalue weighted by atomic mass is 9.58. The molecule has 3 atom stereocenters. The van der Waals surface area contributed by atoms with Crippen LogP contribution in [-0.2, 0) is 15.0 Å². The third kappa shape index (κ3) is 6.38. The highest BCUT2D eigenvalue weighted by molar-refractivity contribution is 5.99. The van der Waals surface area contributed by atoms with E-state index in [0.29, 0.717) is 36.1 Å². The van der Waals surface area contributed by atoms with E-state index >= 15 is 0 Å². The highest BCUT2D eigenvalue weighted by Gasteiger charge is 2.50. The molecular weight excluding hydrogens is 505 g/mol. The molecular formula is C31H35F3N2O3. The number of hydrogen-bond donors (Lipinski definition) is 1. The summed E-state index contributed by atoms with van der Waals surface area (Å²) < 4.78 is 47.7. The van der Waals surface area contributed by atoms with Gasteiger partial charge >= 0.3 is 12.1 Å². The summed E-state index contributed by atoms with van der Waals surface area (Å²) in [5.41, 5.74) is -0.179. The zero-order valence-electron chi connectivity index (χ0n) is 22.2. The number of hydrogen-bond acceptors (Lipinski definition) is 4. The van der Waals surface area contributed by atoms with E-state index in [-0.39, 0.29) is 5.41 Å². The first-order valence-electron chi connectivity index (χ1n) is 13.8. The number of benzene rings is 2.